The predicted molar refractivity (Wildman–Crippen MR) is 141 cm³/mol. The fourth-order valence-electron chi connectivity index (χ4n) is 4.25. The van der Waals surface area contributed by atoms with Crippen molar-refractivity contribution in [2.75, 3.05) is 12.4 Å². The molecule has 5 rings (SSSR count). The lowest BCUT2D eigenvalue weighted by Gasteiger charge is -2.19. The van der Waals surface area contributed by atoms with Crippen molar-refractivity contribution >= 4 is 22.7 Å². The van der Waals surface area contributed by atoms with E-state index in [-0.39, 0.29) is 11.8 Å². The highest BCUT2D eigenvalue weighted by Crippen LogP contribution is 2.45. The Balaban J connectivity index is 1.52. The van der Waals surface area contributed by atoms with Gasteiger partial charge in [-0.1, -0.05) is 12.2 Å². The topological polar surface area (TPSA) is 133 Å². The lowest BCUT2D eigenvalue weighted by Crippen LogP contribution is -2.14. The monoisotopic (exact) mass is 497 g/mol. The van der Waals surface area contributed by atoms with Crippen LogP contribution < -0.4 is 21.1 Å². The first-order valence-electron chi connectivity index (χ1n) is 11.8. The summed E-state index contributed by atoms with van der Waals surface area (Å²) in [5, 5.41) is 10.7. The Bertz CT molecular complexity index is 1540. The minimum atomic E-state index is -0.196. The highest BCUT2D eigenvalue weighted by atomic mass is 16.5. The van der Waals surface area contributed by atoms with E-state index in [0.29, 0.717) is 51.9 Å². The first kappa shape index (κ1) is 23.9. The molecule has 0 saturated carbocycles. The number of benzene rings is 1. The zero-order chi connectivity index (χ0) is 25.9. The number of ether oxygens (including phenoxy) is 1. The number of hydrogen-bond acceptors (Lipinski definition) is 8. The molecule has 1 unspecified atom stereocenters. The Morgan fingerprint density at radius 2 is 2.08 bits per heavy atom. The molecule has 37 heavy (non-hydrogen) atoms. The molecule has 0 bridgehead atoms. The summed E-state index contributed by atoms with van der Waals surface area (Å²) in [7, 11) is 3.59. The molecule has 3 aromatic heterocycles. The van der Waals surface area contributed by atoms with Gasteiger partial charge in [-0.3, -0.25) is 9.48 Å². The van der Waals surface area contributed by atoms with Gasteiger partial charge in [-0.25, -0.2) is 9.97 Å². The summed E-state index contributed by atoms with van der Waals surface area (Å²) < 4.78 is 14.2. The smallest absolute Gasteiger partial charge is 0.252 e. The fourth-order valence-corrected chi connectivity index (χ4v) is 4.25. The molecular formula is C27H27N7O3. The van der Waals surface area contributed by atoms with E-state index >= 15 is 0 Å². The lowest BCUT2D eigenvalue weighted by atomic mass is 9.87. The number of nitrogens with two attached hydrogens (primary N) is 1. The number of allylic oxidation sites excluding steroid dienone is 4. The van der Waals surface area contributed by atoms with Crippen molar-refractivity contribution < 1.29 is 13.9 Å². The van der Waals surface area contributed by atoms with Gasteiger partial charge in [-0.2, -0.15) is 5.10 Å². The predicted octanol–water partition coefficient (Wildman–Crippen LogP) is 4.36. The molecule has 0 aliphatic heterocycles. The molecule has 0 spiro atoms. The molecule has 1 aliphatic carbocycles. The number of anilines is 1. The van der Waals surface area contributed by atoms with Gasteiger partial charge in [0.25, 0.3) is 5.91 Å². The van der Waals surface area contributed by atoms with E-state index in [0.717, 1.165) is 11.1 Å². The Kier molecular flexibility index (Phi) is 6.46. The zero-order valence-corrected chi connectivity index (χ0v) is 20.7. The summed E-state index contributed by atoms with van der Waals surface area (Å²) in [5.74, 6) is 1.20. The minimum Gasteiger partial charge on any atom is -0.438 e. The van der Waals surface area contributed by atoms with E-state index in [1.165, 1.54) is 6.33 Å². The molecule has 1 aromatic carbocycles. The summed E-state index contributed by atoms with van der Waals surface area (Å²) in [5.41, 5.74) is 10.4. The number of fused-ring (bicyclic) bond motifs is 1. The van der Waals surface area contributed by atoms with Crippen molar-refractivity contribution in [3.05, 3.63) is 84.2 Å². The SMILES string of the molecule is CN/C=C(\C)C(=O)Nc1ccc(Oc2ncnc3oc(-c4cnn(C)c4)c(C4CC=CC=C4N)c23)cc1. The normalized spacial score (nSPS) is 15.5. The number of carbonyl (C=O) groups is 1. The number of furan rings is 1. The average molecular weight is 498 g/mol. The average Bonchev–Trinajstić information content (AvgIpc) is 3.50. The third kappa shape index (κ3) is 4.81. The first-order valence-corrected chi connectivity index (χ1v) is 11.8. The second kappa shape index (κ2) is 10.0. The van der Waals surface area contributed by atoms with Crippen molar-refractivity contribution in [1.29, 1.82) is 0 Å². The summed E-state index contributed by atoms with van der Waals surface area (Å²) >= 11 is 0. The number of amides is 1. The van der Waals surface area contributed by atoms with Crippen molar-refractivity contribution in [2.45, 2.75) is 19.3 Å². The first-order chi connectivity index (χ1) is 17.9. The third-order valence-electron chi connectivity index (χ3n) is 6.05. The van der Waals surface area contributed by atoms with Gasteiger partial charge in [0.1, 0.15) is 23.2 Å². The number of carbonyl (C=O) groups excluding carboxylic acids is 1. The molecule has 0 fully saturated rings. The maximum Gasteiger partial charge on any atom is 0.252 e. The summed E-state index contributed by atoms with van der Waals surface area (Å²) in [6, 6.07) is 7.06. The minimum absolute atomic E-state index is 0.138. The maximum absolute atomic E-state index is 12.3. The van der Waals surface area contributed by atoms with Gasteiger partial charge in [-0.05, 0) is 43.7 Å². The largest absolute Gasteiger partial charge is 0.438 e. The van der Waals surface area contributed by atoms with Crippen LogP contribution in [0.15, 0.2) is 83.1 Å². The van der Waals surface area contributed by atoms with Crippen molar-refractivity contribution in [1.82, 2.24) is 25.1 Å². The van der Waals surface area contributed by atoms with E-state index in [9.17, 15) is 4.79 Å². The van der Waals surface area contributed by atoms with Crippen molar-refractivity contribution in [2.24, 2.45) is 12.8 Å². The van der Waals surface area contributed by atoms with E-state index in [1.807, 2.05) is 25.4 Å². The maximum atomic E-state index is 12.3. The van der Waals surface area contributed by atoms with Crippen LogP contribution in [0.4, 0.5) is 5.69 Å². The lowest BCUT2D eigenvalue weighted by molar-refractivity contribution is -0.112. The van der Waals surface area contributed by atoms with Gasteiger partial charge >= 0.3 is 0 Å². The number of hydrogen-bond donors (Lipinski definition) is 3. The van der Waals surface area contributed by atoms with Gasteiger partial charge in [0.05, 0.1) is 11.8 Å². The highest BCUT2D eigenvalue weighted by Gasteiger charge is 2.30. The second-order valence-electron chi connectivity index (χ2n) is 8.69. The Labute approximate surface area is 213 Å². The fraction of sp³-hybridized carbons (Fsp3) is 0.185. The van der Waals surface area contributed by atoms with E-state index in [1.54, 1.807) is 55.3 Å². The van der Waals surface area contributed by atoms with Gasteiger partial charge in [0.2, 0.25) is 11.6 Å². The van der Waals surface area contributed by atoms with Crippen LogP contribution >= 0.6 is 0 Å². The number of aryl methyl sites for hydroxylation is 1. The van der Waals surface area contributed by atoms with Gasteiger partial charge in [-0.15, -0.1) is 0 Å². The van der Waals surface area contributed by atoms with E-state index in [4.69, 9.17) is 14.9 Å². The third-order valence-corrected chi connectivity index (χ3v) is 6.05. The second-order valence-corrected chi connectivity index (χ2v) is 8.69. The van der Waals surface area contributed by atoms with E-state index < -0.39 is 0 Å². The molecule has 4 aromatic rings. The quantitative estimate of drug-likeness (QED) is 0.321. The standard InChI is InChI=1S/C27H27N7O3/c1-16(12-29-2)25(35)33-18-8-10-19(11-9-18)36-26-23-22(20-6-4-5-7-21(20)28)24(17-13-32-34(3)14-17)37-27(23)31-15-30-26/h4-5,7-15,20,29H,6,28H2,1-3H3,(H,33,35)/b16-12+. The van der Waals surface area contributed by atoms with Crippen LogP contribution in [0.5, 0.6) is 11.6 Å². The van der Waals surface area contributed by atoms with Crippen LogP contribution in [0.1, 0.15) is 24.8 Å². The molecule has 1 atom stereocenters. The zero-order valence-electron chi connectivity index (χ0n) is 20.7. The number of nitrogens with one attached hydrogen (secondary N) is 2. The molecule has 3 heterocycles. The molecule has 4 N–H and O–H groups in total. The van der Waals surface area contributed by atoms with Gasteiger partial charge in [0.15, 0.2) is 0 Å². The van der Waals surface area contributed by atoms with Crippen LogP contribution in [0, 0.1) is 0 Å². The Morgan fingerprint density at radius 3 is 2.78 bits per heavy atom. The Morgan fingerprint density at radius 1 is 1.27 bits per heavy atom. The van der Waals surface area contributed by atoms with E-state index in [2.05, 4.69) is 31.8 Å². The molecule has 1 aliphatic rings. The molecule has 0 saturated heterocycles. The van der Waals surface area contributed by atoms with Gasteiger partial charge in [0, 0.05) is 54.9 Å². The van der Waals surface area contributed by atoms with Crippen LogP contribution in [-0.2, 0) is 11.8 Å². The Hall–Kier alpha value is -4.86. The number of rotatable bonds is 7. The molecule has 188 valence electrons. The number of nitrogens with zero attached hydrogens (tertiary/aromatic N) is 4. The highest BCUT2D eigenvalue weighted by molar-refractivity contribution is 6.03. The molecule has 10 heteroatoms. The van der Waals surface area contributed by atoms with Crippen LogP contribution in [0.3, 0.4) is 0 Å². The molecule has 0 radical (unpaired) electrons. The molecular weight excluding hydrogens is 470 g/mol. The number of aromatic nitrogens is 4. The van der Waals surface area contributed by atoms with Crippen LogP contribution in [-0.4, -0.2) is 32.7 Å². The molecule has 1 amide bonds. The summed E-state index contributed by atoms with van der Waals surface area (Å²) in [6.45, 7) is 1.73. The van der Waals surface area contributed by atoms with Gasteiger partial charge < -0.3 is 25.5 Å². The summed E-state index contributed by atoms with van der Waals surface area (Å²) in [4.78, 5) is 21.1. The van der Waals surface area contributed by atoms with Crippen LogP contribution in [0.25, 0.3) is 22.4 Å². The van der Waals surface area contributed by atoms with Crippen molar-refractivity contribution in [3.63, 3.8) is 0 Å². The van der Waals surface area contributed by atoms with Crippen molar-refractivity contribution in [3.8, 4) is 23.0 Å². The van der Waals surface area contributed by atoms with Crippen LogP contribution in [0.2, 0.25) is 0 Å². The summed E-state index contributed by atoms with van der Waals surface area (Å²) in [6.07, 6.45) is 13.3. The molecule has 10 nitrogen and oxygen atoms in total.